The number of hydrogen-bond donors (Lipinski definition) is 1. The molecule has 1 aliphatic rings. The van der Waals surface area contributed by atoms with Crippen molar-refractivity contribution in [2.75, 3.05) is 0 Å². The van der Waals surface area contributed by atoms with Crippen molar-refractivity contribution in [3.8, 4) is 0 Å². The number of aliphatic hydroxyl groups excluding tert-OH is 1. The van der Waals surface area contributed by atoms with Crippen LogP contribution in [0.15, 0.2) is 17.5 Å². The van der Waals surface area contributed by atoms with E-state index in [2.05, 4.69) is 29.3 Å². The van der Waals surface area contributed by atoms with Crippen molar-refractivity contribution in [1.29, 1.82) is 0 Å². The molecule has 0 amide bonds. The zero-order valence-electron chi connectivity index (χ0n) is 9.39. The summed E-state index contributed by atoms with van der Waals surface area (Å²) in [6.45, 7) is 5.00. The zero-order valence-corrected chi connectivity index (χ0v) is 10.2. The van der Waals surface area contributed by atoms with Crippen LogP contribution in [-0.2, 0) is 6.54 Å². The van der Waals surface area contributed by atoms with E-state index < -0.39 is 0 Å². The standard InChI is InChI=1S/C12H19NOS/c1-9(10(2)14)13(11-5-6-11)8-12-4-3-7-15-12/h3-4,7,9-11,14H,5-6,8H2,1-2H3. The topological polar surface area (TPSA) is 23.5 Å². The van der Waals surface area contributed by atoms with Crippen molar-refractivity contribution >= 4 is 11.3 Å². The molecule has 2 atom stereocenters. The Morgan fingerprint density at radius 3 is 2.73 bits per heavy atom. The predicted molar refractivity (Wildman–Crippen MR) is 64.0 cm³/mol. The molecule has 0 aliphatic heterocycles. The van der Waals surface area contributed by atoms with Gasteiger partial charge in [-0.1, -0.05) is 6.07 Å². The Balaban J connectivity index is 2.00. The largest absolute Gasteiger partial charge is 0.392 e. The highest BCUT2D eigenvalue weighted by Crippen LogP contribution is 2.31. The van der Waals surface area contributed by atoms with E-state index in [1.165, 1.54) is 17.7 Å². The quantitative estimate of drug-likeness (QED) is 0.832. The van der Waals surface area contributed by atoms with Crippen LogP contribution in [-0.4, -0.2) is 28.2 Å². The third kappa shape index (κ3) is 2.80. The molecule has 15 heavy (non-hydrogen) atoms. The van der Waals surface area contributed by atoms with Crippen molar-refractivity contribution in [3.05, 3.63) is 22.4 Å². The van der Waals surface area contributed by atoms with Gasteiger partial charge in [-0.2, -0.15) is 0 Å². The van der Waals surface area contributed by atoms with E-state index >= 15 is 0 Å². The summed E-state index contributed by atoms with van der Waals surface area (Å²) in [5, 5.41) is 11.8. The first-order chi connectivity index (χ1) is 7.18. The molecule has 0 spiro atoms. The number of hydrogen-bond acceptors (Lipinski definition) is 3. The molecule has 1 aromatic heterocycles. The van der Waals surface area contributed by atoms with E-state index in [-0.39, 0.29) is 12.1 Å². The summed E-state index contributed by atoms with van der Waals surface area (Å²) in [6.07, 6.45) is 2.34. The molecule has 84 valence electrons. The van der Waals surface area contributed by atoms with Crippen molar-refractivity contribution in [1.82, 2.24) is 4.90 Å². The van der Waals surface area contributed by atoms with Gasteiger partial charge in [0, 0.05) is 23.5 Å². The molecule has 1 heterocycles. The molecule has 0 radical (unpaired) electrons. The van der Waals surface area contributed by atoms with Crippen LogP contribution in [0.1, 0.15) is 31.6 Å². The average molecular weight is 225 g/mol. The van der Waals surface area contributed by atoms with Crippen LogP contribution >= 0.6 is 11.3 Å². The van der Waals surface area contributed by atoms with E-state index in [0.29, 0.717) is 6.04 Å². The molecular formula is C12H19NOS. The van der Waals surface area contributed by atoms with Gasteiger partial charge in [0.25, 0.3) is 0 Å². The monoisotopic (exact) mass is 225 g/mol. The molecular weight excluding hydrogens is 206 g/mol. The highest BCUT2D eigenvalue weighted by molar-refractivity contribution is 7.09. The van der Waals surface area contributed by atoms with Crippen LogP contribution in [0.4, 0.5) is 0 Å². The molecule has 2 rings (SSSR count). The first-order valence-corrected chi connectivity index (χ1v) is 6.52. The molecule has 1 saturated carbocycles. The lowest BCUT2D eigenvalue weighted by Crippen LogP contribution is -2.41. The SMILES string of the molecule is CC(O)C(C)N(Cc1cccs1)C1CC1. The van der Waals surface area contributed by atoms with Crippen molar-refractivity contribution < 1.29 is 5.11 Å². The molecule has 1 N–H and O–H groups in total. The molecule has 3 heteroatoms. The van der Waals surface area contributed by atoms with Gasteiger partial charge >= 0.3 is 0 Å². The minimum absolute atomic E-state index is 0.245. The van der Waals surface area contributed by atoms with Gasteiger partial charge in [0.15, 0.2) is 0 Å². The van der Waals surface area contributed by atoms with Gasteiger partial charge in [-0.25, -0.2) is 0 Å². The van der Waals surface area contributed by atoms with Crippen LogP contribution in [0.5, 0.6) is 0 Å². The minimum Gasteiger partial charge on any atom is -0.392 e. The fourth-order valence-corrected chi connectivity index (χ4v) is 2.58. The van der Waals surface area contributed by atoms with Gasteiger partial charge in [-0.15, -0.1) is 11.3 Å². The van der Waals surface area contributed by atoms with Crippen LogP contribution in [0.25, 0.3) is 0 Å². The second kappa shape index (κ2) is 4.64. The van der Waals surface area contributed by atoms with Gasteiger partial charge < -0.3 is 5.11 Å². The first-order valence-electron chi connectivity index (χ1n) is 5.64. The van der Waals surface area contributed by atoms with Gasteiger partial charge in [0.2, 0.25) is 0 Å². The van der Waals surface area contributed by atoms with E-state index in [0.717, 1.165) is 6.54 Å². The summed E-state index contributed by atoms with van der Waals surface area (Å²) >= 11 is 1.80. The van der Waals surface area contributed by atoms with Crippen molar-refractivity contribution in [3.63, 3.8) is 0 Å². The smallest absolute Gasteiger partial charge is 0.0664 e. The third-order valence-electron chi connectivity index (χ3n) is 3.16. The van der Waals surface area contributed by atoms with Gasteiger partial charge in [0.1, 0.15) is 0 Å². The average Bonchev–Trinajstić information content (AvgIpc) is 2.92. The number of thiophene rings is 1. The van der Waals surface area contributed by atoms with Crippen molar-refractivity contribution in [2.45, 2.75) is 51.4 Å². The van der Waals surface area contributed by atoms with Gasteiger partial charge in [0.05, 0.1) is 6.10 Å². The van der Waals surface area contributed by atoms with E-state index in [9.17, 15) is 5.11 Å². The Bertz CT molecular complexity index is 293. The Morgan fingerprint density at radius 2 is 2.27 bits per heavy atom. The highest BCUT2D eigenvalue weighted by Gasteiger charge is 2.33. The predicted octanol–water partition coefficient (Wildman–Crippen LogP) is 2.48. The number of nitrogens with zero attached hydrogens (tertiary/aromatic N) is 1. The highest BCUT2D eigenvalue weighted by atomic mass is 32.1. The lowest BCUT2D eigenvalue weighted by atomic mass is 10.1. The Labute approximate surface area is 95.5 Å². The van der Waals surface area contributed by atoms with E-state index in [1.54, 1.807) is 11.3 Å². The van der Waals surface area contributed by atoms with E-state index in [4.69, 9.17) is 0 Å². The normalized spacial score (nSPS) is 20.5. The molecule has 1 fully saturated rings. The number of rotatable bonds is 5. The third-order valence-corrected chi connectivity index (χ3v) is 4.02. The minimum atomic E-state index is -0.245. The second-order valence-electron chi connectivity index (χ2n) is 4.46. The maximum atomic E-state index is 9.66. The Morgan fingerprint density at radius 1 is 1.53 bits per heavy atom. The fourth-order valence-electron chi connectivity index (χ4n) is 1.87. The van der Waals surface area contributed by atoms with Crippen LogP contribution in [0.3, 0.4) is 0 Å². The fraction of sp³-hybridized carbons (Fsp3) is 0.667. The second-order valence-corrected chi connectivity index (χ2v) is 5.50. The zero-order chi connectivity index (χ0) is 10.8. The maximum Gasteiger partial charge on any atom is 0.0664 e. The molecule has 2 unspecified atom stereocenters. The van der Waals surface area contributed by atoms with Gasteiger partial charge in [-0.3, -0.25) is 4.90 Å². The summed E-state index contributed by atoms with van der Waals surface area (Å²) in [5.41, 5.74) is 0. The number of aliphatic hydroxyl groups is 1. The molecule has 1 aliphatic carbocycles. The summed E-state index contributed by atoms with van der Waals surface area (Å²) in [5.74, 6) is 0. The maximum absolute atomic E-state index is 9.66. The first kappa shape index (κ1) is 11.1. The summed E-state index contributed by atoms with van der Waals surface area (Å²) < 4.78 is 0. The lowest BCUT2D eigenvalue weighted by molar-refractivity contribution is 0.0612. The molecule has 0 aromatic carbocycles. The summed E-state index contributed by atoms with van der Waals surface area (Å²) in [7, 11) is 0. The Kier molecular flexibility index (Phi) is 3.44. The molecule has 1 aromatic rings. The lowest BCUT2D eigenvalue weighted by Gasteiger charge is -2.30. The summed E-state index contributed by atoms with van der Waals surface area (Å²) in [4.78, 5) is 3.84. The molecule has 0 bridgehead atoms. The molecule has 0 saturated heterocycles. The van der Waals surface area contributed by atoms with Crippen LogP contribution in [0.2, 0.25) is 0 Å². The summed E-state index contributed by atoms with van der Waals surface area (Å²) in [6, 6.07) is 5.24. The van der Waals surface area contributed by atoms with Gasteiger partial charge in [-0.05, 0) is 38.1 Å². The van der Waals surface area contributed by atoms with Crippen molar-refractivity contribution in [2.24, 2.45) is 0 Å². The van der Waals surface area contributed by atoms with Crippen LogP contribution in [0, 0.1) is 0 Å². The molecule has 2 nitrogen and oxygen atoms in total. The Hall–Kier alpha value is -0.380. The van der Waals surface area contributed by atoms with E-state index in [1.807, 2.05) is 6.92 Å². The van der Waals surface area contributed by atoms with Crippen LogP contribution < -0.4 is 0 Å².